The standard InChI is InChI=1S/2C34H33BrN2O7/c2*1-6-43-28(38)26-33(30(40)42-5,20-21-12-8-7-9-13-21)36-27(22-16-18-23(35)19-17-22)34(26)24-14-10-11-15-25(24)37(29(34)39)31(41)44-32(2,3)4/h2*7-19,26H,6,20H2,1-5H3/t2*26-,33-,34+/m11/s1. The van der Waals surface area contributed by atoms with E-state index in [0.717, 1.165) is 18.7 Å². The Bertz CT molecular complexity index is 3540. The zero-order valence-corrected chi connectivity index (χ0v) is 53.4. The fraction of sp³-hybridized carbons (Fsp3) is 0.324. The number of imide groups is 2. The zero-order valence-electron chi connectivity index (χ0n) is 50.3. The number of carbonyl (C=O) groups excluding carboxylic acids is 8. The summed E-state index contributed by atoms with van der Waals surface area (Å²) in [7, 11) is 2.43. The highest BCUT2D eigenvalue weighted by Crippen LogP contribution is 2.60. The number of fused-ring (bicyclic) bond motifs is 4. The summed E-state index contributed by atoms with van der Waals surface area (Å²) in [6, 6.07) is 45.6. The SMILES string of the molecule is CCOC(=O)[C@H]1[C@]2(C(=O)N(C(=O)OC(C)(C)C)c3ccccc32)C(c2ccc(Br)cc2)=N[C@@]1(Cc1ccccc1)C(=O)OC.CCOC(=O)[C@H]1[C@]2(C(=O)N(C(=O)OC(C)(C)C)c3ccccc32)C(c2ccc(Br)cc2)=N[C@@]1(Cc1ccccc1)C(=O)OC. The maximum atomic E-state index is 15.1. The average Bonchev–Trinajstić information content (AvgIpc) is 1.53. The number of methoxy groups -OCH3 is 2. The van der Waals surface area contributed by atoms with Crippen LogP contribution in [0, 0.1) is 11.8 Å². The molecule has 18 nitrogen and oxygen atoms in total. The molecule has 88 heavy (non-hydrogen) atoms. The van der Waals surface area contributed by atoms with Crippen LogP contribution in [0.1, 0.15) is 88.8 Å². The molecule has 4 aliphatic heterocycles. The maximum Gasteiger partial charge on any atom is 0.421 e. The molecule has 0 N–H and O–H groups in total. The normalized spacial score (nSPS) is 22.4. The van der Waals surface area contributed by atoms with Gasteiger partial charge >= 0.3 is 36.1 Å². The van der Waals surface area contributed by atoms with Crippen molar-refractivity contribution in [3.8, 4) is 0 Å². The lowest BCUT2D eigenvalue weighted by atomic mass is 9.61. The van der Waals surface area contributed by atoms with Gasteiger partial charge in [-0.1, -0.05) is 153 Å². The van der Waals surface area contributed by atoms with Gasteiger partial charge in [0.15, 0.2) is 11.1 Å². The second-order valence-electron chi connectivity index (χ2n) is 23.4. The van der Waals surface area contributed by atoms with Gasteiger partial charge in [-0.2, -0.15) is 0 Å². The van der Waals surface area contributed by atoms with Crippen LogP contribution in [0.25, 0.3) is 0 Å². The Balaban J connectivity index is 0.000000209. The molecule has 0 aliphatic carbocycles. The van der Waals surface area contributed by atoms with E-state index in [4.69, 9.17) is 38.4 Å². The van der Waals surface area contributed by atoms with Crippen LogP contribution < -0.4 is 9.80 Å². The number of para-hydroxylation sites is 2. The number of hydrogen-bond donors (Lipinski definition) is 0. The van der Waals surface area contributed by atoms with Crippen LogP contribution in [-0.2, 0) is 80.9 Å². The molecule has 0 radical (unpaired) electrons. The minimum absolute atomic E-state index is 0.0206. The summed E-state index contributed by atoms with van der Waals surface area (Å²) >= 11 is 6.91. The van der Waals surface area contributed by atoms with Crippen molar-refractivity contribution in [2.24, 2.45) is 21.8 Å². The lowest BCUT2D eigenvalue weighted by Crippen LogP contribution is -2.60. The molecule has 4 heterocycles. The van der Waals surface area contributed by atoms with E-state index in [2.05, 4.69) is 31.9 Å². The lowest BCUT2D eigenvalue weighted by molar-refractivity contribution is -0.162. The Morgan fingerprint density at radius 3 is 1.10 bits per heavy atom. The van der Waals surface area contributed by atoms with E-state index in [1.807, 2.05) is 60.7 Å². The number of hydrogen-bond acceptors (Lipinski definition) is 16. The number of benzene rings is 6. The van der Waals surface area contributed by atoms with Crippen molar-refractivity contribution in [1.29, 1.82) is 0 Å². The van der Waals surface area contributed by atoms with Gasteiger partial charge in [-0.05, 0) is 125 Å². The zero-order chi connectivity index (χ0) is 63.7. The van der Waals surface area contributed by atoms with Crippen LogP contribution in [0.2, 0.25) is 0 Å². The first-order valence-corrected chi connectivity index (χ1v) is 30.0. The first-order chi connectivity index (χ1) is 41.8. The fourth-order valence-corrected chi connectivity index (χ4v) is 12.9. The molecular formula is C68H66Br2N4O14. The Labute approximate surface area is 526 Å². The van der Waals surface area contributed by atoms with Crippen LogP contribution in [0.3, 0.4) is 0 Å². The summed E-state index contributed by atoms with van der Waals surface area (Å²) in [6.45, 7) is 13.4. The summed E-state index contributed by atoms with van der Waals surface area (Å²) in [5.74, 6) is -7.89. The van der Waals surface area contributed by atoms with Crippen molar-refractivity contribution < 1.29 is 66.8 Å². The van der Waals surface area contributed by atoms with Gasteiger partial charge in [-0.25, -0.2) is 29.0 Å². The number of anilines is 2. The van der Waals surface area contributed by atoms with E-state index in [0.29, 0.717) is 33.4 Å². The molecule has 0 saturated carbocycles. The van der Waals surface area contributed by atoms with Crippen LogP contribution in [0.4, 0.5) is 21.0 Å². The summed E-state index contributed by atoms with van der Waals surface area (Å²) in [5, 5.41) is 0. The second kappa shape index (κ2) is 24.9. The summed E-state index contributed by atoms with van der Waals surface area (Å²) in [6.07, 6.45) is -1.98. The van der Waals surface area contributed by atoms with Crippen LogP contribution in [0.5, 0.6) is 0 Å². The monoisotopic (exact) mass is 1320 g/mol. The van der Waals surface area contributed by atoms with Gasteiger partial charge in [0.2, 0.25) is 0 Å². The molecule has 2 spiro atoms. The van der Waals surface area contributed by atoms with Crippen molar-refractivity contribution >= 4 is 103 Å². The van der Waals surface area contributed by atoms with Gasteiger partial charge in [-0.3, -0.25) is 29.2 Å². The average molecular weight is 1320 g/mol. The van der Waals surface area contributed by atoms with Gasteiger partial charge in [0.1, 0.15) is 33.9 Å². The van der Waals surface area contributed by atoms with E-state index in [1.54, 1.807) is 152 Å². The third-order valence-corrected chi connectivity index (χ3v) is 16.6. The van der Waals surface area contributed by atoms with Crippen molar-refractivity contribution in [2.45, 2.75) is 101 Å². The van der Waals surface area contributed by atoms with Gasteiger partial charge in [0.05, 0.1) is 50.2 Å². The summed E-state index contributed by atoms with van der Waals surface area (Å²) < 4.78 is 34.9. The predicted octanol–water partition coefficient (Wildman–Crippen LogP) is 11.6. The topological polar surface area (TPSA) is 223 Å². The van der Waals surface area contributed by atoms with E-state index in [-0.39, 0.29) is 48.9 Å². The van der Waals surface area contributed by atoms with Crippen LogP contribution in [0.15, 0.2) is 177 Å². The number of aliphatic imine (C=N–C) groups is 2. The molecule has 10 rings (SSSR count). The molecule has 6 atom stereocenters. The van der Waals surface area contributed by atoms with Gasteiger partial charge < -0.3 is 28.4 Å². The largest absolute Gasteiger partial charge is 0.467 e. The highest BCUT2D eigenvalue weighted by Gasteiger charge is 2.76. The third kappa shape index (κ3) is 11.1. The molecule has 0 aromatic heterocycles. The second-order valence-corrected chi connectivity index (χ2v) is 25.2. The Kier molecular flexibility index (Phi) is 18.0. The highest BCUT2D eigenvalue weighted by atomic mass is 79.9. The molecule has 456 valence electrons. The number of carbonyl (C=O) groups is 8. The third-order valence-electron chi connectivity index (χ3n) is 15.6. The van der Waals surface area contributed by atoms with E-state index in [1.165, 1.54) is 14.2 Å². The highest BCUT2D eigenvalue weighted by molar-refractivity contribution is 9.10. The van der Waals surface area contributed by atoms with E-state index in [9.17, 15) is 28.8 Å². The molecule has 20 heteroatoms. The summed E-state index contributed by atoms with van der Waals surface area (Å²) in [4.78, 5) is 127. The number of halogens is 2. The van der Waals surface area contributed by atoms with Crippen molar-refractivity contribution in [2.75, 3.05) is 37.2 Å². The van der Waals surface area contributed by atoms with Crippen molar-refractivity contribution in [1.82, 2.24) is 0 Å². The molecule has 0 unspecified atom stereocenters. The Morgan fingerprint density at radius 2 is 0.795 bits per heavy atom. The van der Waals surface area contributed by atoms with E-state index >= 15 is 9.59 Å². The maximum absolute atomic E-state index is 15.1. The molecule has 4 aliphatic rings. The minimum Gasteiger partial charge on any atom is -0.467 e. The van der Waals surface area contributed by atoms with Crippen LogP contribution >= 0.6 is 31.9 Å². The Hall–Kier alpha value is -8.62. The molecule has 0 fully saturated rings. The lowest BCUT2D eigenvalue weighted by Gasteiger charge is -2.37. The number of nitrogens with zero attached hydrogens (tertiary/aromatic N) is 4. The number of rotatable bonds is 12. The number of amides is 4. The number of esters is 4. The molecule has 0 saturated heterocycles. The van der Waals surface area contributed by atoms with Gasteiger partial charge in [0.25, 0.3) is 11.8 Å². The van der Waals surface area contributed by atoms with Crippen molar-refractivity contribution in [3.63, 3.8) is 0 Å². The molecule has 0 bridgehead atoms. The first kappa shape index (κ1) is 63.9. The van der Waals surface area contributed by atoms with Gasteiger partial charge in [-0.15, -0.1) is 0 Å². The Morgan fingerprint density at radius 1 is 0.477 bits per heavy atom. The minimum atomic E-state index is -1.95. The fourth-order valence-electron chi connectivity index (χ4n) is 12.4. The molecule has 4 amide bonds. The predicted molar refractivity (Wildman–Crippen MR) is 335 cm³/mol. The molecule has 6 aromatic rings. The smallest absolute Gasteiger partial charge is 0.421 e. The first-order valence-electron chi connectivity index (χ1n) is 28.5. The van der Waals surface area contributed by atoms with Crippen LogP contribution in [-0.4, -0.2) is 109 Å². The quantitative estimate of drug-likeness (QED) is 0.0821. The molecule has 6 aromatic carbocycles. The van der Waals surface area contributed by atoms with Gasteiger partial charge in [0, 0.05) is 21.8 Å². The number of ether oxygens (including phenoxy) is 6. The van der Waals surface area contributed by atoms with Crippen molar-refractivity contribution in [3.05, 3.63) is 200 Å². The van der Waals surface area contributed by atoms with E-state index < -0.39 is 92.8 Å². The summed E-state index contributed by atoms with van der Waals surface area (Å²) in [5.41, 5.74) is -5.87. The molecular weight excluding hydrogens is 1260 g/mol.